The largest absolute Gasteiger partial charge is 0.435 e. The van der Waals surface area contributed by atoms with Crippen LogP contribution in [0, 0.1) is 10.1 Å². The van der Waals surface area contributed by atoms with E-state index < -0.39 is 4.92 Å². The van der Waals surface area contributed by atoms with Crippen LogP contribution in [-0.4, -0.2) is 58.0 Å². The standard InChI is InChI=1S/C18H24N6O3S/c25-17(20-6-5-14-1-3-16(28)4-2-14)13-23-15(11-21-18(23)24(26)27)12-22-9-7-19-8-10-22/h1-4,11,19,28H,5-10,12-13H2,(H,20,25). The number of amides is 1. The second kappa shape index (κ2) is 9.67. The summed E-state index contributed by atoms with van der Waals surface area (Å²) in [6.45, 7) is 4.35. The zero-order chi connectivity index (χ0) is 19.9. The Hall–Kier alpha value is -2.43. The van der Waals surface area contributed by atoms with E-state index >= 15 is 0 Å². The normalized spacial score (nSPS) is 14.8. The molecule has 0 atom stereocenters. The van der Waals surface area contributed by atoms with E-state index in [2.05, 4.69) is 33.1 Å². The maximum Gasteiger partial charge on any atom is 0.435 e. The number of carbonyl (C=O) groups is 1. The minimum atomic E-state index is -0.548. The van der Waals surface area contributed by atoms with E-state index in [1.165, 1.54) is 10.8 Å². The number of imidazole rings is 1. The highest BCUT2D eigenvalue weighted by Crippen LogP contribution is 2.15. The first kappa shape index (κ1) is 20.3. The second-order valence-electron chi connectivity index (χ2n) is 6.69. The van der Waals surface area contributed by atoms with Crippen LogP contribution in [0.5, 0.6) is 0 Å². The van der Waals surface area contributed by atoms with Crippen molar-refractivity contribution >= 4 is 24.5 Å². The molecule has 9 nitrogen and oxygen atoms in total. The van der Waals surface area contributed by atoms with Crippen molar-refractivity contribution in [2.75, 3.05) is 32.7 Å². The van der Waals surface area contributed by atoms with Crippen LogP contribution >= 0.6 is 12.6 Å². The lowest BCUT2D eigenvalue weighted by Crippen LogP contribution is -2.43. The maximum atomic E-state index is 12.4. The molecule has 0 radical (unpaired) electrons. The fourth-order valence-corrected chi connectivity index (χ4v) is 3.30. The zero-order valence-corrected chi connectivity index (χ0v) is 16.4. The summed E-state index contributed by atoms with van der Waals surface area (Å²) in [5.41, 5.74) is 1.76. The SMILES string of the molecule is O=C(Cn1c(CN2CCNCC2)cnc1[N+](=O)[O-])NCCc1ccc(S)cc1. The van der Waals surface area contributed by atoms with Crippen molar-refractivity contribution in [3.05, 3.63) is 51.8 Å². The summed E-state index contributed by atoms with van der Waals surface area (Å²) in [5.74, 6) is -0.571. The van der Waals surface area contributed by atoms with E-state index in [9.17, 15) is 14.9 Å². The molecule has 1 aromatic heterocycles. The molecule has 3 rings (SSSR count). The number of nitrogens with one attached hydrogen (secondary N) is 2. The number of nitrogens with zero attached hydrogens (tertiary/aromatic N) is 4. The van der Waals surface area contributed by atoms with E-state index in [1.54, 1.807) is 0 Å². The number of aromatic nitrogens is 2. The fraction of sp³-hybridized carbons (Fsp3) is 0.444. The Kier molecular flexibility index (Phi) is 7.01. The summed E-state index contributed by atoms with van der Waals surface area (Å²) in [4.78, 5) is 30.1. The average molecular weight is 404 g/mol. The van der Waals surface area contributed by atoms with Gasteiger partial charge in [0.1, 0.15) is 11.9 Å². The Morgan fingerprint density at radius 2 is 2.00 bits per heavy atom. The molecule has 2 aromatic rings. The first-order valence-electron chi connectivity index (χ1n) is 9.19. The van der Waals surface area contributed by atoms with Gasteiger partial charge >= 0.3 is 5.95 Å². The van der Waals surface area contributed by atoms with Gasteiger partial charge in [-0.15, -0.1) is 12.6 Å². The molecule has 0 unspecified atom stereocenters. The van der Waals surface area contributed by atoms with Crippen LogP contribution in [0.15, 0.2) is 35.4 Å². The molecule has 1 saturated heterocycles. The molecule has 0 spiro atoms. The first-order chi connectivity index (χ1) is 13.5. The lowest BCUT2D eigenvalue weighted by molar-refractivity contribution is -0.396. The van der Waals surface area contributed by atoms with Gasteiger partial charge in [-0.2, -0.15) is 0 Å². The van der Waals surface area contributed by atoms with E-state index in [0.29, 0.717) is 25.2 Å². The van der Waals surface area contributed by atoms with Crippen LogP contribution in [0.4, 0.5) is 5.95 Å². The highest BCUT2D eigenvalue weighted by molar-refractivity contribution is 7.80. The van der Waals surface area contributed by atoms with Crippen molar-refractivity contribution in [2.24, 2.45) is 0 Å². The Labute approximate surface area is 168 Å². The predicted molar refractivity (Wildman–Crippen MR) is 107 cm³/mol. The molecule has 0 bridgehead atoms. The monoisotopic (exact) mass is 404 g/mol. The lowest BCUT2D eigenvalue weighted by atomic mass is 10.1. The minimum absolute atomic E-state index is 0.118. The summed E-state index contributed by atoms with van der Waals surface area (Å²) in [5, 5.41) is 17.4. The van der Waals surface area contributed by atoms with Gasteiger partial charge in [-0.3, -0.25) is 9.69 Å². The number of piperazine rings is 1. The van der Waals surface area contributed by atoms with Crippen molar-refractivity contribution in [1.29, 1.82) is 0 Å². The Bertz CT molecular complexity index is 817. The van der Waals surface area contributed by atoms with Crippen LogP contribution < -0.4 is 10.6 Å². The van der Waals surface area contributed by atoms with Crippen molar-refractivity contribution in [3.63, 3.8) is 0 Å². The molecule has 2 N–H and O–H groups in total. The molecule has 1 aromatic carbocycles. The highest BCUT2D eigenvalue weighted by Gasteiger charge is 2.24. The van der Waals surface area contributed by atoms with Gasteiger partial charge in [0.2, 0.25) is 0 Å². The van der Waals surface area contributed by atoms with Crippen LogP contribution in [0.25, 0.3) is 0 Å². The van der Waals surface area contributed by atoms with Gasteiger partial charge in [-0.1, -0.05) is 17.1 Å². The molecule has 1 aliphatic rings. The summed E-state index contributed by atoms with van der Waals surface area (Å²) < 4.78 is 1.40. The average Bonchev–Trinajstić information content (AvgIpc) is 3.06. The van der Waals surface area contributed by atoms with Crippen LogP contribution in [-0.2, 0) is 24.3 Å². The number of nitro groups is 1. The number of thiol groups is 1. The van der Waals surface area contributed by atoms with Crippen LogP contribution in [0.3, 0.4) is 0 Å². The van der Waals surface area contributed by atoms with Crippen molar-refractivity contribution < 1.29 is 9.72 Å². The molecular formula is C18H24N6O3S. The lowest BCUT2D eigenvalue weighted by Gasteiger charge is -2.26. The molecule has 150 valence electrons. The number of rotatable bonds is 8. The molecule has 10 heteroatoms. The van der Waals surface area contributed by atoms with Gasteiger partial charge in [0.05, 0.1) is 6.54 Å². The molecule has 0 saturated carbocycles. The molecular weight excluding hydrogens is 380 g/mol. The third kappa shape index (κ3) is 5.54. The van der Waals surface area contributed by atoms with E-state index in [-0.39, 0.29) is 18.4 Å². The van der Waals surface area contributed by atoms with Crippen LogP contribution in [0.2, 0.25) is 0 Å². The first-order valence-corrected chi connectivity index (χ1v) is 9.64. The molecule has 1 amide bonds. The van der Waals surface area contributed by atoms with Gasteiger partial charge in [0, 0.05) is 37.6 Å². The molecule has 1 fully saturated rings. The Morgan fingerprint density at radius 3 is 2.68 bits per heavy atom. The highest BCUT2D eigenvalue weighted by atomic mass is 32.1. The van der Waals surface area contributed by atoms with E-state index in [1.807, 2.05) is 24.3 Å². The summed E-state index contributed by atoms with van der Waals surface area (Å²) in [6, 6.07) is 7.72. The van der Waals surface area contributed by atoms with Crippen LogP contribution in [0.1, 0.15) is 11.3 Å². The van der Waals surface area contributed by atoms with Crippen molar-refractivity contribution in [1.82, 2.24) is 25.1 Å². The number of hydrogen-bond donors (Lipinski definition) is 3. The zero-order valence-electron chi connectivity index (χ0n) is 15.5. The predicted octanol–water partition coefficient (Wildman–Crippen LogP) is 0.844. The van der Waals surface area contributed by atoms with Gasteiger partial charge in [0.25, 0.3) is 5.91 Å². The van der Waals surface area contributed by atoms with Gasteiger partial charge in [-0.25, -0.2) is 4.57 Å². The molecule has 28 heavy (non-hydrogen) atoms. The molecule has 1 aliphatic heterocycles. The summed E-state index contributed by atoms with van der Waals surface area (Å²) in [7, 11) is 0. The van der Waals surface area contributed by atoms with Gasteiger partial charge < -0.3 is 20.7 Å². The van der Waals surface area contributed by atoms with E-state index in [0.717, 1.165) is 36.6 Å². The third-order valence-electron chi connectivity index (χ3n) is 4.65. The molecule has 0 aliphatic carbocycles. The van der Waals surface area contributed by atoms with Gasteiger partial charge in [-0.05, 0) is 29.0 Å². The Balaban J connectivity index is 1.59. The summed E-state index contributed by atoms with van der Waals surface area (Å²) in [6.07, 6.45) is 2.17. The van der Waals surface area contributed by atoms with E-state index in [4.69, 9.17) is 0 Å². The summed E-state index contributed by atoms with van der Waals surface area (Å²) >= 11 is 4.25. The smallest absolute Gasteiger partial charge is 0.390 e. The topological polar surface area (TPSA) is 105 Å². The quantitative estimate of drug-likeness (QED) is 0.342. The number of benzene rings is 1. The maximum absolute atomic E-state index is 12.4. The van der Waals surface area contributed by atoms with Gasteiger partial charge in [0.15, 0.2) is 6.54 Å². The molecule has 2 heterocycles. The fourth-order valence-electron chi connectivity index (χ4n) is 3.15. The second-order valence-corrected chi connectivity index (χ2v) is 7.20. The third-order valence-corrected chi connectivity index (χ3v) is 4.95. The Morgan fingerprint density at radius 1 is 1.29 bits per heavy atom. The number of hydrogen-bond acceptors (Lipinski definition) is 7. The number of carbonyl (C=O) groups excluding carboxylic acids is 1. The van der Waals surface area contributed by atoms with Crippen molar-refractivity contribution in [3.8, 4) is 0 Å². The minimum Gasteiger partial charge on any atom is -0.390 e. The van der Waals surface area contributed by atoms with Crippen molar-refractivity contribution in [2.45, 2.75) is 24.4 Å².